The minimum atomic E-state index is -0.269. The molecule has 2 rings (SSSR count). The zero-order chi connectivity index (χ0) is 15.2. The molecule has 0 bridgehead atoms. The maximum Gasteiger partial charge on any atom is 0.320 e. The fourth-order valence-electron chi connectivity index (χ4n) is 2.09. The molecule has 110 valence electrons. The molecular formula is C16H20N4O. The van der Waals surface area contributed by atoms with Gasteiger partial charge >= 0.3 is 6.03 Å². The van der Waals surface area contributed by atoms with Gasteiger partial charge in [0.1, 0.15) is 5.82 Å². The number of hydrogen-bond donors (Lipinski definition) is 2. The number of urea groups is 1. The van der Waals surface area contributed by atoms with E-state index in [2.05, 4.69) is 34.4 Å². The van der Waals surface area contributed by atoms with Crippen molar-refractivity contribution in [3.8, 4) is 11.1 Å². The van der Waals surface area contributed by atoms with Crippen molar-refractivity contribution in [3.05, 3.63) is 42.4 Å². The normalized spacial score (nSPS) is 10.5. The lowest BCUT2D eigenvalue weighted by Gasteiger charge is -2.13. The lowest BCUT2D eigenvalue weighted by Crippen LogP contribution is -2.25. The van der Waals surface area contributed by atoms with Crippen LogP contribution in [0.25, 0.3) is 11.1 Å². The summed E-state index contributed by atoms with van der Waals surface area (Å²) in [6, 6.07) is 7.47. The average Bonchev–Trinajstić information content (AvgIpc) is 2.47. The van der Waals surface area contributed by atoms with Crippen LogP contribution in [0.15, 0.2) is 36.7 Å². The molecule has 0 radical (unpaired) electrons. The lowest BCUT2D eigenvalue weighted by atomic mass is 9.99. The number of aromatic nitrogens is 2. The molecule has 2 N–H and O–H groups in total. The maximum absolute atomic E-state index is 11.4. The van der Waals surface area contributed by atoms with Crippen LogP contribution in [0.5, 0.6) is 0 Å². The Bertz CT molecular complexity index is 611. The van der Waals surface area contributed by atoms with Gasteiger partial charge in [-0.05, 0) is 42.2 Å². The van der Waals surface area contributed by atoms with E-state index < -0.39 is 0 Å². The molecule has 0 aliphatic heterocycles. The van der Waals surface area contributed by atoms with Crippen LogP contribution >= 0.6 is 0 Å². The van der Waals surface area contributed by atoms with Gasteiger partial charge in [0.2, 0.25) is 0 Å². The van der Waals surface area contributed by atoms with E-state index >= 15 is 0 Å². The van der Waals surface area contributed by atoms with Crippen molar-refractivity contribution in [2.75, 3.05) is 12.4 Å². The Morgan fingerprint density at radius 1 is 1.19 bits per heavy atom. The monoisotopic (exact) mass is 284 g/mol. The molecule has 2 amide bonds. The molecule has 21 heavy (non-hydrogen) atoms. The molecular weight excluding hydrogens is 264 g/mol. The van der Waals surface area contributed by atoms with Crippen LogP contribution < -0.4 is 10.6 Å². The molecule has 2 heterocycles. The number of rotatable bonds is 4. The van der Waals surface area contributed by atoms with E-state index in [1.807, 2.05) is 24.3 Å². The van der Waals surface area contributed by atoms with Crippen LogP contribution in [0.2, 0.25) is 0 Å². The fourth-order valence-corrected chi connectivity index (χ4v) is 2.09. The van der Waals surface area contributed by atoms with Crippen molar-refractivity contribution in [1.29, 1.82) is 0 Å². The maximum atomic E-state index is 11.4. The summed E-state index contributed by atoms with van der Waals surface area (Å²) in [5.41, 5.74) is 3.14. The minimum absolute atomic E-state index is 0.269. The van der Waals surface area contributed by atoms with E-state index in [-0.39, 0.29) is 6.03 Å². The molecule has 2 aromatic rings. The molecule has 0 saturated heterocycles. The quantitative estimate of drug-likeness (QED) is 0.906. The standard InChI is InChI=1S/C16H20N4O/c1-11(2)10-14-13(12-6-8-18-9-7-12)4-5-15(19-14)20-16(21)17-3/h4-9,11H,10H2,1-3H3,(H2,17,19,20,21). The number of anilines is 1. The van der Waals surface area contributed by atoms with Crippen molar-refractivity contribution >= 4 is 11.8 Å². The summed E-state index contributed by atoms with van der Waals surface area (Å²) in [6.45, 7) is 4.30. The van der Waals surface area contributed by atoms with Crippen LogP contribution in [-0.4, -0.2) is 23.0 Å². The highest BCUT2D eigenvalue weighted by Crippen LogP contribution is 2.25. The number of pyridine rings is 2. The molecule has 0 aliphatic carbocycles. The van der Waals surface area contributed by atoms with Crippen LogP contribution in [-0.2, 0) is 6.42 Å². The van der Waals surface area contributed by atoms with Gasteiger partial charge in [-0.25, -0.2) is 9.78 Å². The Balaban J connectivity index is 2.38. The first-order valence-corrected chi connectivity index (χ1v) is 6.99. The van der Waals surface area contributed by atoms with Crippen molar-refractivity contribution in [1.82, 2.24) is 15.3 Å². The zero-order valence-corrected chi connectivity index (χ0v) is 12.6. The summed E-state index contributed by atoms with van der Waals surface area (Å²) < 4.78 is 0. The number of hydrogen-bond acceptors (Lipinski definition) is 3. The van der Waals surface area contributed by atoms with Crippen molar-refractivity contribution in [2.24, 2.45) is 5.92 Å². The highest BCUT2D eigenvalue weighted by molar-refractivity contribution is 5.88. The topological polar surface area (TPSA) is 66.9 Å². The van der Waals surface area contributed by atoms with Gasteiger partial charge in [-0.15, -0.1) is 0 Å². The third-order valence-electron chi connectivity index (χ3n) is 3.04. The Kier molecular flexibility index (Phi) is 4.87. The summed E-state index contributed by atoms with van der Waals surface area (Å²) in [5, 5.41) is 5.23. The van der Waals surface area contributed by atoms with E-state index in [0.29, 0.717) is 11.7 Å². The van der Waals surface area contributed by atoms with Crippen LogP contribution in [0, 0.1) is 5.92 Å². The van der Waals surface area contributed by atoms with Gasteiger partial charge in [-0.2, -0.15) is 0 Å². The van der Waals surface area contributed by atoms with Crippen LogP contribution in [0.3, 0.4) is 0 Å². The smallest absolute Gasteiger partial charge is 0.320 e. The lowest BCUT2D eigenvalue weighted by molar-refractivity contribution is 0.254. The van der Waals surface area contributed by atoms with E-state index in [0.717, 1.165) is 23.2 Å². The van der Waals surface area contributed by atoms with E-state index in [4.69, 9.17) is 0 Å². The molecule has 0 fully saturated rings. The fraction of sp³-hybridized carbons (Fsp3) is 0.312. The first-order valence-electron chi connectivity index (χ1n) is 6.99. The largest absolute Gasteiger partial charge is 0.341 e. The summed E-state index contributed by atoms with van der Waals surface area (Å²) in [4.78, 5) is 20.0. The van der Waals surface area contributed by atoms with Gasteiger partial charge in [0.15, 0.2) is 0 Å². The number of nitrogens with one attached hydrogen (secondary N) is 2. The van der Waals surface area contributed by atoms with Crippen molar-refractivity contribution in [3.63, 3.8) is 0 Å². The van der Waals surface area contributed by atoms with Crippen molar-refractivity contribution in [2.45, 2.75) is 20.3 Å². The van der Waals surface area contributed by atoms with Gasteiger partial charge in [-0.3, -0.25) is 10.3 Å². The van der Waals surface area contributed by atoms with Crippen LogP contribution in [0.1, 0.15) is 19.5 Å². The molecule has 5 nitrogen and oxygen atoms in total. The first kappa shape index (κ1) is 15.0. The second kappa shape index (κ2) is 6.83. The second-order valence-electron chi connectivity index (χ2n) is 5.23. The summed E-state index contributed by atoms with van der Waals surface area (Å²) in [5.74, 6) is 1.04. The van der Waals surface area contributed by atoms with Gasteiger partial charge in [0.25, 0.3) is 0 Å². The van der Waals surface area contributed by atoms with Gasteiger partial charge in [0.05, 0.1) is 5.69 Å². The predicted octanol–water partition coefficient (Wildman–Crippen LogP) is 3.09. The van der Waals surface area contributed by atoms with E-state index in [1.54, 1.807) is 19.4 Å². The first-order chi connectivity index (χ1) is 10.1. The Hall–Kier alpha value is -2.43. The Labute approximate surface area is 124 Å². The molecule has 0 saturated carbocycles. The van der Waals surface area contributed by atoms with Crippen LogP contribution in [0.4, 0.5) is 10.6 Å². The SMILES string of the molecule is CNC(=O)Nc1ccc(-c2ccncc2)c(CC(C)C)n1. The van der Waals surface area contributed by atoms with E-state index in [1.165, 1.54) is 0 Å². The molecule has 0 spiro atoms. The van der Waals surface area contributed by atoms with Gasteiger partial charge in [0, 0.05) is 25.0 Å². The molecule has 0 aliphatic rings. The highest BCUT2D eigenvalue weighted by atomic mass is 16.2. The summed E-state index contributed by atoms with van der Waals surface area (Å²) in [7, 11) is 1.58. The third-order valence-corrected chi connectivity index (χ3v) is 3.04. The molecule has 0 atom stereocenters. The Morgan fingerprint density at radius 3 is 2.52 bits per heavy atom. The number of nitrogens with zero attached hydrogens (tertiary/aromatic N) is 2. The molecule has 0 unspecified atom stereocenters. The number of carbonyl (C=O) groups is 1. The highest BCUT2D eigenvalue weighted by Gasteiger charge is 2.11. The van der Waals surface area contributed by atoms with Crippen molar-refractivity contribution < 1.29 is 4.79 Å². The number of amides is 2. The zero-order valence-electron chi connectivity index (χ0n) is 12.6. The predicted molar refractivity (Wildman–Crippen MR) is 84.1 cm³/mol. The van der Waals surface area contributed by atoms with Gasteiger partial charge in [-0.1, -0.05) is 13.8 Å². The van der Waals surface area contributed by atoms with E-state index in [9.17, 15) is 4.79 Å². The summed E-state index contributed by atoms with van der Waals surface area (Å²) >= 11 is 0. The average molecular weight is 284 g/mol. The number of carbonyl (C=O) groups excluding carboxylic acids is 1. The molecule has 5 heteroatoms. The molecule has 2 aromatic heterocycles. The summed E-state index contributed by atoms with van der Waals surface area (Å²) in [6.07, 6.45) is 4.39. The van der Waals surface area contributed by atoms with Gasteiger partial charge < -0.3 is 5.32 Å². The Morgan fingerprint density at radius 2 is 1.90 bits per heavy atom. The third kappa shape index (κ3) is 4.02. The minimum Gasteiger partial charge on any atom is -0.341 e. The second-order valence-corrected chi connectivity index (χ2v) is 5.23. The molecule has 0 aromatic carbocycles.